The van der Waals surface area contributed by atoms with Crippen molar-refractivity contribution >= 4 is 22.6 Å². The van der Waals surface area contributed by atoms with Gasteiger partial charge in [-0.2, -0.15) is 0 Å². The largest absolute Gasteiger partial charge is 0.320 e. The Morgan fingerprint density at radius 3 is 2.00 bits per heavy atom. The van der Waals surface area contributed by atoms with E-state index in [9.17, 15) is 13.2 Å². The molecule has 0 spiro atoms. The van der Waals surface area contributed by atoms with Crippen molar-refractivity contribution in [3.63, 3.8) is 0 Å². The van der Waals surface area contributed by atoms with Gasteiger partial charge in [-0.05, 0) is 46.4 Å². The lowest BCUT2D eigenvalue weighted by atomic mass is 9.99. The van der Waals surface area contributed by atoms with Crippen LogP contribution in [0.25, 0.3) is 0 Å². The molecule has 0 aromatic heterocycles. The van der Waals surface area contributed by atoms with Gasteiger partial charge in [0, 0.05) is 15.2 Å². The second-order valence-electron chi connectivity index (χ2n) is 3.81. The fraction of sp³-hybridized carbons (Fsp3) is 0.0769. The molecule has 0 saturated heterocycles. The van der Waals surface area contributed by atoms with E-state index in [4.69, 9.17) is 5.73 Å². The van der Waals surface area contributed by atoms with Crippen molar-refractivity contribution in [3.05, 3.63) is 68.5 Å². The molecule has 1 nitrogen and oxygen atoms in total. The van der Waals surface area contributed by atoms with Gasteiger partial charge in [0.1, 0.15) is 17.5 Å². The van der Waals surface area contributed by atoms with Gasteiger partial charge in [-0.1, -0.05) is 12.1 Å². The Labute approximate surface area is 116 Å². The molecule has 0 heterocycles. The van der Waals surface area contributed by atoms with Crippen LogP contribution in [0, 0.1) is 21.0 Å². The smallest absolute Gasteiger partial charge is 0.131 e. The van der Waals surface area contributed by atoms with Crippen molar-refractivity contribution in [1.29, 1.82) is 0 Å². The first-order chi connectivity index (χ1) is 8.49. The molecule has 1 atom stereocenters. The maximum absolute atomic E-state index is 13.6. The molecule has 0 aliphatic rings. The van der Waals surface area contributed by atoms with E-state index in [1.807, 2.05) is 22.6 Å². The topological polar surface area (TPSA) is 26.0 Å². The summed E-state index contributed by atoms with van der Waals surface area (Å²) in [6.07, 6.45) is 0. The lowest BCUT2D eigenvalue weighted by molar-refractivity contribution is 0.565. The van der Waals surface area contributed by atoms with Crippen molar-refractivity contribution in [1.82, 2.24) is 0 Å². The summed E-state index contributed by atoms with van der Waals surface area (Å²) in [7, 11) is 0. The Bertz CT molecular complexity index is 535. The Morgan fingerprint density at radius 2 is 1.44 bits per heavy atom. The highest BCUT2D eigenvalue weighted by Crippen LogP contribution is 2.26. The molecule has 94 valence electrons. The second-order valence-corrected chi connectivity index (χ2v) is 4.97. The highest BCUT2D eigenvalue weighted by Gasteiger charge is 2.16. The molecule has 0 saturated carbocycles. The van der Waals surface area contributed by atoms with Crippen molar-refractivity contribution < 1.29 is 13.2 Å². The van der Waals surface area contributed by atoms with Crippen LogP contribution in [0.5, 0.6) is 0 Å². The summed E-state index contributed by atoms with van der Waals surface area (Å²) in [6.45, 7) is 0. The van der Waals surface area contributed by atoms with Gasteiger partial charge in [0.15, 0.2) is 0 Å². The number of benzene rings is 2. The predicted octanol–water partition coefficient (Wildman–Crippen LogP) is 3.76. The van der Waals surface area contributed by atoms with Gasteiger partial charge in [-0.25, -0.2) is 13.2 Å². The molecule has 2 aromatic carbocycles. The van der Waals surface area contributed by atoms with Crippen LogP contribution in [0.3, 0.4) is 0 Å². The first-order valence-corrected chi connectivity index (χ1v) is 6.22. The number of nitrogens with two attached hydrogens (primary N) is 1. The zero-order valence-corrected chi connectivity index (χ0v) is 11.3. The van der Waals surface area contributed by atoms with Crippen molar-refractivity contribution in [2.45, 2.75) is 6.04 Å². The van der Waals surface area contributed by atoms with Gasteiger partial charge in [0.25, 0.3) is 0 Å². The van der Waals surface area contributed by atoms with Crippen LogP contribution < -0.4 is 5.73 Å². The lowest BCUT2D eigenvalue weighted by Crippen LogP contribution is -2.15. The minimum Gasteiger partial charge on any atom is -0.320 e. The van der Waals surface area contributed by atoms with Crippen LogP contribution in [0.15, 0.2) is 36.4 Å². The third-order valence-corrected chi connectivity index (χ3v) is 3.53. The van der Waals surface area contributed by atoms with E-state index in [0.29, 0.717) is 9.13 Å². The second kappa shape index (κ2) is 5.27. The molecule has 1 unspecified atom stereocenters. The van der Waals surface area contributed by atoms with Crippen molar-refractivity contribution in [3.8, 4) is 0 Å². The van der Waals surface area contributed by atoms with Gasteiger partial charge >= 0.3 is 0 Å². The number of hydrogen-bond acceptors (Lipinski definition) is 1. The number of rotatable bonds is 2. The Kier molecular flexibility index (Phi) is 3.91. The van der Waals surface area contributed by atoms with E-state index in [0.717, 1.165) is 12.1 Å². The summed E-state index contributed by atoms with van der Waals surface area (Å²) in [4.78, 5) is 0. The number of hydrogen-bond donors (Lipinski definition) is 1. The molecule has 2 aromatic rings. The number of halogens is 4. The molecule has 0 radical (unpaired) electrons. The lowest BCUT2D eigenvalue weighted by Gasteiger charge is -2.15. The molecule has 2 rings (SSSR count). The minimum atomic E-state index is -0.752. The monoisotopic (exact) mass is 363 g/mol. The van der Waals surface area contributed by atoms with Gasteiger partial charge < -0.3 is 5.73 Å². The molecule has 2 N–H and O–H groups in total. The fourth-order valence-electron chi connectivity index (χ4n) is 1.67. The van der Waals surface area contributed by atoms with Crippen LogP contribution in [0.1, 0.15) is 17.2 Å². The van der Waals surface area contributed by atoms with Gasteiger partial charge in [-0.3, -0.25) is 0 Å². The Hall–Kier alpha value is -1.08. The minimum absolute atomic E-state index is 0.181. The Morgan fingerprint density at radius 1 is 0.889 bits per heavy atom. The molecular formula is C13H9F3IN. The SMILES string of the molecule is NC(c1ccc(F)cc1F)c1ccc(F)cc1I. The van der Waals surface area contributed by atoms with Crippen LogP contribution in [-0.4, -0.2) is 0 Å². The molecule has 18 heavy (non-hydrogen) atoms. The maximum Gasteiger partial charge on any atom is 0.131 e. The average molecular weight is 363 g/mol. The average Bonchev–Trinajstić information content (AvgIpc) is 2.28. The van der Waals surface area contributed by atoms with Crippen molar-refractivity contribution in [2.75, 3.05) is 0 Å². The third kappa shape index (κ3) is 2.67. The Balaban J connectivity index is 2.44. The zero-order valence-electron chi connectivity index (χ0n) is 9.13. The zero-order chi connectivity index (χ0) is 13.3. The maximum atomic E-state index is 13.6. The third-order valence-electron chi connectivity index (χ3n) is 2.60. The van der Waals surface area contributed by atoms with Crippen LogP contribution in [0.2, 0.25) is 0 Å². The van der Waals surface area contributed by atoms with E-state index < -0.39 is 17.7 Å². The van der Waals surface area contributed by atoms with E-state index in [2.05, 4.69) is 0 Å². The molecule has 0 bridgehead atoms. The predicted molar refractivity (Wildman–Crippen MR) is 71.5 cm³/mol. The normalized spacial score (nSPS) is 12.5. The molecular weight excluding hydrogens is 354 g/mol. The molecule has 0 fully saturated rings. The molecule has 0 aliphatic carbocycles. The van der Waals surface area contributed by atoms with Crippen molar-refractivity contribution in [2.24, 2.45) is 5.73 Å². The highest BCUT2D eigenvalue weighted by molar-refractivity contribution is 14.1. The van der Waals surface area contributed by atoms with Crippen LogP contribution >= 0.6 is 22.6 Å². The first-order valence-electron chi connectivity index (χ1n) is 5.14. The van der Waals surface area contributed by atoms with Gasteiger partial charge in [0.05, 0.1) is 6.04 Å². The van der Waals surface area contributed by atoms with E-state index in [1.165, 1.54) is 24.3 Å². The highest BCUT2D eigenvalue weighted by atomic mass is 127. The summed E-state index contributed by atoms with van der Waals surface area (Å²) in [5.74, 6) is -1.74. The van der Waals surface area contributed by atoms with E-state index in [1.54, 1.807) is 0 Å². The van der Waals surface area contributed by atoms with Gasteiger partial charge in [0.2, 0.25) is 0 Å². The standard InChI is InChI=1S/C13H9F3IN/c14-7-1-3-9(11(16)5-7)13(18)10-4-2-8(15)6-12(10)17/h1-6,13H,18H2. The quantitative estimate of drug-likeness (QED) is 0.809. The summed E-state index contributed by atoms with van der Waals surface area (Å²) in [6, 6.07) is 6.56. The fourth-order valence-corrected chi connectivity index (χ4v) is 2.49. The summed E-state index contributed by atoms with van der Waals surface area (Å²) >= 11 is 1.93. The molecule has 0 aliphatic heterocycles. The molecule has 0 amide bonds. The van der Waals surface area contributed by atoms with Crippen LogP contribution in [0.4, 0.5) is 13.2 Å². The summed E-state index contributed by atoms with van der Waals surface area (Å²) in [5, 5.41) is 0. The van der Waals surface area contributed by atoms with E-state index >= 15 is 0 Å². The summed E-state index contributed by atoms with van der Waals surface area (Å²) in [5.41, 5.74) is 6.71. The van der Waals surface area contributed by atoms with Crippen LogP contribution in [-0.2, 0) is 0 Å². The molecule has 5 heteroatoms. The first kappa shape index (κ1) is 13.4. The van der Waals surface area contributed by atoms with Gasteiger partial charge in [-0.15, -0.1) is 0 Å². The summed E-state index contributed by atoms with van der Waals surface area (Å²) < 4.78 is 40.0. The van der Waals surface area contributed by atoms with E-state index in [-0.39, 0.29) is 11.4 Å².